The first-order valence-electron chi connectivity index (χ1n) is 3.91. The Morgan fingerprint density at radius 3 is 2.40 bits per heavy atom. The van der Waals surface area contributed by atoms with Gasteiger partial charge in [0.05, 0.1) is 0 Å². The number of aromatic nitrogens is 2. The van der Waals surface area contributed by atoms with E-state index >= 15 is 0 Å². The fourth-order valence-corrected chi connectivity index (χ4v) is 1.92. The van der Waals surface area contributed by atoms with E-state index in [2.05, 4.69) is 14.9 Å². The molecule has 1 heterocycles. The SMILES string of the molecule is O=S(=O)(Cl)c1nonc1-c1ccccc1. The van der Waals surface area contributed by atoms with E-state index in [0.29, 0.717) is 5.56 Å². The predicted octanol–water partition coefficient (Wildman–Crippen LogP) is 1.66. The molecule has 1 aromatic heterocycles. The molecule has 0 bridgehead atoms. The van der Waals surface area contributed by atoms with E-state index in [1.165, 1.54) is 0 Å². The van der Waals surface area contributed by atoms with Crippen molar-refractivity contribution in [2.24, 2.45) is 0 Å². The Labute approximate surface area is 90.1 Å². The molecular formula is C8H5ClN2O3S. The quantitative estimate of drug-likeness (QED) is 0.752. The molecule has 0 unspecified atom stereocenters. The highest BCUT2D eigenvalue weighted by Gasteiger charge is 2.23. The summed E-state index contributed by atoms with van der Waals surface area (Å²) in [7, 11) is 1.23. The lowest BCUT2D eigenvalue weighted by molar-refractivity contribution is 0.298. The topological polar surface area (TPSA) is 73.1 Å². The van der Waals surface area contributed by atoms with Crippen LogP contribution in [0.25, 0.3) is 11.3 Å². The van der Waals surface area contributed by atoms with E-state index in [4.69, 9.17) is 10.7 Å². The van der Waals surface area contributed by atoms with Crippen LogP contribution >= 0.6 is 10.7 Å². The second-order valence-corrected chi connectivity index (χ2v) is 5.20. The molecular weight excluding hydrogens is 240 g/mol. The van der Waals surface area contributed by atoms with Crippen LogP contribution in [-0.4, -0.2) is 18.7 Å². The van der Waals surface area contributed by atoms with Gasteiger partial charge in [0.2, 0.25) is 5.03 Å². The molecule has 15 heavy (non-hydrogen) atoms. The average molecular weight is 245 g/mol. The average Bonchev–Trinajstić information content (AvgIpc) is 2.67. The Bertz CT molecular complexity index is 565. The van der Waals surface area contributed by atoms with Crippen molar-refractivity contribution in [1.82, 2.24) is 10.3 Å². The van der Waals surface area contributed by atoms with Crippen LogP contribution in [-0.2, 0) is 9.05 Å². The molecule has 2 rings (SSSR count). The van der Waals surface area contributed by atoms with Crippen LogP contribution in [0.3, 0.4) is 0 Å². The summed E-state index contributed by atoms with van der Waals surface area (Å²) in [5.41, 5.74) is 0.698. The second kappa shape index (κ2) is 3.63. The minimum absolute atomic E-state index is 0.116. The Morgan fingerprint density at radius 2 is 1.80 bits per heavy atom. The van der Waals surface area contributed by atoms with Crippen molar-refractivity contribution < 1.29 is 13.0 Å². The summed E-state index contributed by atoms with van der Waals surface area (Å²) in [6.45, 7) is 0. The van der Waals surface area contributed by atoms with E-state index in [1.807, 2.05) is 0 Å². The highest BCUT2D eigenvalue weighted by atomic mass is 35.7. The summed E-state index contributed by atoms with van der Waals surface area (Å²) in [6.07, 6.45) is 0. The van der Waals surface area contributed by atoms with Gasteiger partial charge in [-0.1, -0.05) is 30.3 Å². The number of hydrogen-bond acceptors (Lipinski definition) is 5. The van der Waals surface area contributed by atoms with Gasteiger partial charge in [0, 0.05) is 16.2 Å². The molecule has 5 nitrogen and oxygen atoms in total. The third-order valence-electron chi connectivity index (χ3n) is 1.74. The van der Waals surface area contributed by atoms with Gasteiger partial charge >= 0.3 is 0 Å². The van der Waals surface area contributed by atoms with Gasteiger partial charge in [0.15, 0.2) is 5.69 Å². The van der Waals surface area contributed by atoms with Gasteiger partial charge in [-0.25, -0.2) is 13.0 Å². The summed E-state index contributed by atoms with van der Waals surface area (Å²) < 4.78 is 26.5. The zero-order chi connectivity index (χ0) is 10.9. The summed E-state index contributed by atoms with van der Waals surface area (Å²) in [5, 5.41) is 6.40. The summed E-state index contributed by atoms with van der Waals surface area (Å²) >= 11 is 0. The zero-order valence-electron chi connectivity index (χ0n) is 7.29. The van der Waals surface area contributed by atoms with Gasteiger partial charge in [-0.2, -0.15) is 0 Å². The number of benzene rings is 1. The van der Waals surface area contributed by atoms with E-state index in [0.717, 1.165) is 0 Å². The Morgan fingerprint density at radius 1 is 1.13 bits per heavy atom. The van der Waals surface area contributed by atoms with Crippen molar-refractivity contribution in [3.8, 4) is 11.3 Å². The molecule has 0 fully saturated rings. The van der Waals surface area contributed by atoms with Crippen LogP contribution in [0, 0.1) is 0 Å². The molecule has 2 aromatic rings. The summed E-state index contributed by atoms with van der Waals surface area (Å²) in [4.78, 5) is 0. The summed E-state index contributed by atoms with van der Waals surface area (Å²) in [5.74, 6) is 0. The molecule has 7 heteroatoms. The predicted molar refractivity (Wildman–Crippen MR) is 52.8 cm³/mol. The Balaban J connectivity index is 2.61. The third-order valence-corrected chi connectivity index (χ3v) is 2.90. The van der Waals surface area contributed by atoms with Gasteiger partial charge in [-0.15, -0.1) is 0 Å². The highest BCUT2D eigenvalue weighted by Crippen LogP contribution is 2.25. The largest absolute Gasteiger partial charge is 0.284 e. The maximum Gasteiger partial charge on any atom is 0.284 e. The second-order valence-electron chi connectivity index (χ2n) is 2.72. The number of halogens is 1. The smallest absolute Gasteiger partial charge is 0.243 e. The van der Waals surface area contributed by atoms with Crippen molar-refractivity contribution in [3.05, 3.63) is 30.3 Å². The molecule has 0 saturated carbocycles. The lowest BCUT2D eigenvalue weighted by Gasteiger charge is -1.94. The molecule has 0 aliphatic heterocycles. The maximum absolute atomic E-state index is 11.1. The fraction of sp³-hybridized carbons (Fsp3) is 0. The lowest BCUT2D eigenvalue weighted by Crippen LogP contribution is -1.93. The van der Waals surface area contributed by atoms with Crippen molar-refractivity contribution in [1.29, 1.82) is 0 Å². The molecule has 0 aliphatic carbocycles. The van der Waals surface area contributed by atoms with E-state index in [1.54, 1.807) is 30.3 Å². The minimum Gasteiger partial charge on any atom is -0.243 e. The van der Waals surface area contributed by atoms with Crippen LogP contribution in [0.15, 0.2) is 40.0 Å². The molecule has 0 saturated heterocycles. The molecule has 0 spiro atoms. The van der Waals surface area contributed by atoms with Gasteiger partial charge in [0.1, 0.15) is 0 Å². The Hall–Kier alpha value is -1.40. The van der Waals surface area contributed by atoms with Crippen molar-refractivity contribution in [2.45, 2.75) is 5.03 Å². The first-order valence-corrected chi connectivity index (χ1v) is 6.22. The maximum atomic E-state index is 11.1. The van der Waals surface area contributed by atoms with E-state index in [9.17, 15) is 8.42 Å². The van der Waals surface area contributed by atoms with E-state index < -0.39 is 9.05 Å². The number of rotatable bonds is 2. The van der Waals surface area contributed by atoms with Gasteiger partial charge in [0.25, 0.3) is 9.05 Å². The van der Waals surface area contributed by atoms with Crippen molar-refractivity contribution in [3.63, 3.8) is 0 Å². The normalized spacial score (nSPS) is 11.5. The van der Waals surface area contributed by atoms with Crippen LogP contribution in [0.2, 0.25) is 0 Å². The molecule has 78 valence electrons. The van der Waals surface area contributed by atoms with Gasteiger partial charge in [-0.05, 0) is 10.3 Å². The Kier molecular flexibility index (Phi) is 2.45. The van der Waals surface area contributed by atoms with Gasteiger partial charge < -0.3 is 0 Å². The van der Waals surface area contributed by atoms with E-state index in [-0.39, 0.29) is 10.7 Å². The minimum atomic E-state index is -3.93. The standard InChI is InChI=1S/C8H5ClN2O3S/c9-15(12,13)8-7(10-14-11-8)6-4-2-1-3-5-6/h1-5H. The van der Waals surface area contributed by atoms with Crippen LogP contribution < -0.4 is 0 Å². The molecule has 0 radical (unpaired) electrons. The zero-order valence-corrected chi connectivity index (χ0v) is 8.86. The van der Waals surface area contributed by atoms with Crippen molar-refractivity contribution in [2.75, 3.05) is 0 Å². The number of nitrogens with zero attached hydrogens (tertiary/aromatic N) is 2. The highest BCUT2D eigenvalue weighted by molar-refractivity contribution is 8.13. The monoisotopic (exact) mass is 244 g/mol. The van der Waals surface area contributed by atoms with Gasteiger partial charge in [-0.3, -0.25) is 0 Å². The molecule has 0 amide bonds. The molecule has 0 N–H and O–H groups in total. The first kappa shape index (κ1) is 10.1. The van der Waals surface area contributed by atoms with Crippen LogP contribution in [0.1, 0.15) is 0 Å². The number of hydrogen-bond donors (Lipinski definition) is 0. The van der Waals surface area contributed by atoms with Crippen LogP contribution in [0.5, 0.6) is 0 Å². The molecule has 1 aromatic carbocycles. The van der Waals surface area contributed by atoms with Crippen molar-refractivity contribution >= 4 is 19.7 Å². The summed E-state index contributed by atoms with van der Waals surface area (Å²) in [6, 6.07) is 8.66. The fourth-order valence-electron chi connectivity index (χ4n) is 1.11. The first-order chi connectivity index (χ1) is 7.09. The molecule has 0 aliphatic rings. The molecule has 0 atom stereocenters. The van der Waals surface area contributed by atoms with Crippen LogP contribution in [0.4, 0.5) is 0 Å². The lowest BCUT2D eigenvalue weighted by atomic mass is 10.2. The third kappa shape index (κ3) is 2.00.